The number of Topliss-reactive ketones (excluding diaryl/α,β-unsaturated/α-hetero) is 1. The lowest BCUT2D eigenvalue weighted by atomic mass is 10.00. The molecule has 1 aromatic carbocycles. The molecule has 0 aliphatic heterocycles. The lowest BCUT2D eigenvalue weighted by Gasteiger charge is -2.29. The Morgan fingerprint density at radius 2 is 1.52 bits per heavy atom. The number of nitrogens with zero attached hydrogens (tertiary/aromatic N) is 1. The van der Waals surface area contributed by atoms with E-state index in [1.165, 1.54) is 0 Å². The maximum absolute atomic E-state index is 12.2. The van der Waals surface area contributed by atoms with Gasteiger partial charge < -0.3 is 35.3 Å². The number of ketones is 1. The van der Waals surface area contributed by atoms with E-state index in [2.05, 4.69) is 4.90 Å². The van der Waals surface area contributed by atoms with Crippen LogP contribution in [-0.2, 0) is 20.3 Å². The van der Waals surface area contributed by atoms with Gasteiger partial charge >= 0.3 is 15.2 Å². The number of anilines is 1. The molecule has 0 aromatic heterocycles. The third kappa shape index (κ3) is 9.22. The lowest BCUT2D eigenvalue weighted by molar-refractivity contribution is -0.120. The predicted molar refractivity (Wildman–Crippen MR) is 129 cm³/mol. The summed E-state index contributed by atoms with van der Waals surface area (Å²) in [5.74, 6) is 0.690. The van der Waals surface area contributed by atoms with Crippen LogP contribution in [0.4, 0.5) is 5.69 Å². The fraction of sp³-hybridized carbons (Fsp3) is 0.632. The van der Waals surface area contributed by atoms with Gasteiger partial charge in [0.1, 0.15) is 5.78 Å². The van der Waals surface area contributed by atoms with Crippen molar-refractivity contribution in [2.45, 2.75) is 49.6 Å². The van der Waals surface area contributed by atoms with Crippen LogP contribution in [0, 0.1) is 0 Å². The number of hydrogen-bond donors (Lipinski definition) is 6. The first-order chi connectivity index (χ1) is 15.3. The number of hydrogen-bond acceptors (Lipinski definition) is 6. The van der Waals surface area contributed by atoms with E-state index in [1.54, 1.807) is 0 Å². The molecule has 1 unspecified atom stereocenters. The van der Waals surface area contributed by atoms with Gasteiger partial charge in [0.25, 0.3) is 5.08 Å². The topological polar surface area (TPSA) is 182 Å². The maximum Gasteiger partial charge on any atom is 0.369 e. The second kappa shape index (κ2) is 13.5. The number of carbonyl (C=O) groups is 1. The molecule has 10 nitrogen and oxygen atoms in total. The first-order valence-electron chi connectivity index (χ1n) is 10.3. The van der Waals surface area contributed by atoms with Gasteiger partial charge in [-0.3, -0.25) is 13.9 Å². The molecular formula is C19H32Cl2N2O8P2. The van der Waals surface area contributed by atoms with Crippen molar-refractivity contribution in [3.8, 4) is 0 Å². The zero-order chi connectivity index (χ0) is 25.3. The van der Waals surface area contributed by atoms with Gasteiger partial charge in [-0.1, -0.05) is 12.1 Å². The SMILES string of the molecule is NC(CCCC(O)(P(=O)(O)O)P(=O)(O)O)C(=O)CCCc1ccc(N(CCCl)CCCl)cc1. The minimum atomic E-state index is -5.51. The van der Waals surface area contributed by atoms with Crippen LogP contribution in [0.3, 0.4) is 0 Å². The Morgan fingerprint density at radius 3 is 1.97 bits per heavy atom. The molecule has 0 aliphatic carbocycles. The van der Waals surface area contributed by atoms with Crippen LogP contribution in [0.5, 0.6) is 0 Å². The molecule has 33 heavy (non-hydrogen) atoms. The zero-order valence-electron chi connectivity index (χ0n) is 18.1. The number of benzene rings is 1. The number of nitrogens with two attached hydrogens (primary N) is 1. The highest BCUT2D eigenvalue weighted by Crippen LogP contribution is 2.69. The van der Waals surface area contributed by atoms with Gasteiger partial charge in [-0.05, 0) is 49.8 Å². The highest BCUT2D eigenvalue weighted by atomic mass is 35.5. The molecule has 0 amide bonds. The summed E-state index contributed by atoms with van der Waals surface area (Å²) < 4.78 is 22.7. The van der Waals surface area contributed by atoms with Crippen molar-refractivity contribution in [2.75, 3.05) is 29.7 Å². The molecule has 0 saturated carbocycles. The second-order valence-corrected chi connectivity index (χ2v) is 12.5. The van der Waals surface area contributed by atoms with E-state index in [9.17, 15) is 19.0 Å². The Bertz CT molecular complexity index is 819. The highest BCUT2D eigenvalue weighted by molar-refractivity contribution is 7.72. The van der Waals surface area contributed by atoms with E-state index in [-0.39, 0.29) is 25.0 Å². The predicted octanol–water partition coefficient (Wildman–Crippen LogP) is 2.36. The van der Waals surface area contributed by atoms with Gasteiger partial charge in [0, 0.05) is 37.0 Å². The molecule has 0 aliphatic rings. The molecule has 1 aromatic rings. The molecule has 190 valence electrons. The summed E-state index contributed by atoms with van der Waals surface area (Å²) in [5.41, 5.74) is 7.84. The maximum atomic E-state index is 12.2. The molecule has 0 spiro atoms. The van der Waals surface area contributed by atoms with Gasteiger partial charge in [0.15, 0.2) is 0 Å². The van der Waals surface area contributed by atoms with Gasteiger partial charge in [0.2, 0.25) is 0 Å². The Balaban J connectivity index is 2.51. The van der Waals surface area contributed by atoms with Crippen molar-refractivity contribution in [2.24, 2.45) is 5.73 Å². The molecule has 14 heteroatoms. The molecule has 1 rings (SSSR count). The number of rotatable bonds is 16. The smallest absolute Gasteiger partial charge is 0.369 e. The van der Waals surface area contributed by atoms with Crippen LogP contribution in [0.15, 0.2) is 24.3 Å². The van der Waals surface area contributed by atoms with Crippen LogP contribution in [0.2, 0.25) is 0 Å². The monoisotopic (exact) mass is 548 g/mol. The Kier molecular flexibility index (Phi) is 12.5. The van der Waals surface area contributed by atoms with E-state index in [4.69, 9.17) is 48.5 Å². The molecule has 7 N–H and O–H groups in total. The van der Waals surface area contributed by atoms with Crippen molar-refractivity contribution in [3.05, 3.63) is 29.8 Å². The number of aryl methyl sites for hydroxylation is 1. The second-order valence-electron chi connectivity index (χ2n) is 7.71. The van der Waals surface area contributed by atoms with Gasteiger partial charge in [-0.2, -0.15) is 0 Å². The Labute approximate surface area is 203 Å². The van der Waals surface area contributed by atoms with Gasteiger partial charge in [-0.15, -0.1) is 23.2 Å². The average molecular weight is 549 g/mol. The molecule has 1 atom stereocenters. The standard InChI is InChI=1S/C19H32Cl2N2O8P2/c20-11-13-23(14-12-21)16-8-6-15(7-9-16)3-1-5-18(24)17(22)4-2-10-19(25,32(26,27)28)33(29,30)31/h6-9,17,25H,1-5,10-14,22H2,(H2,26,27,28)(H2,29,30,31). The van der Waals surface area contributed by atoms with Crippen LogP contribution in [-0.4, -0.2) is 66.4 Å². The molecular weight excluding hydrogens is 517 g/mol. The van der Waals surface area contributed by atoms with Crippen LogP contribution in [0.1, 0.15) is 37.7 Å². The lowest BCUT2D eigenvalue weighted by Crippen LogP contribution is -2.32. The molecule has 0 radical (unpaired) electrons. The summed E-state index contributed by atoms with van der Waals surface area (Å²) in [6, 6.07) is 6.88. The Morgan fingerprint density at radius 1 is 1.00 bits per heavy atom. The Hall–Kier alpha value is -0.510. The van der Waals surface area contributed by atoms with E-state index in [0.717, 1.165) is 11.3 Å². The normalized spacial score (nSPS) is 13.7. The van der Waals surface area contributed by atoms with Gasteiger partial charge in [0.05, 0.1) is 6.04 Å². The third-order valence-electron chi connectivity index (χ3n) is 5.27. The first kappa shape index (κ1) is 30.5. The summed E-state index contributed by atoms with van der Waals surface area (Å²) in [6.07, 6.45) is 0.136. The number of carbonyl (C=O) groups excluding carboxylic acids is 1. The third-order valence-corrected chi connectivity index (χ3v) is 9.49. The van der Waals surface area contributed by atoms with E-state index >= 15 is 0 Å². The molecule has 0 bridgehead atoms. The minimum absolute atomic E-state index is 0.0766. The average Bonchev–Trinajstić information content (AvgIpc) is 2.72. The highest BCUT2D eigenvalue weighted by Gasteiger charge is 2.58. The van der Waals surface area contributed by atoms with E-state index in [0.29, 0.717) is 37.7 Å². The fourth-order valence-corrected chi connectivity index (χ4v) is 5.95. The summed E-state index contributed by atoms with van der Waals surface area (Å²) >= 11 is 11.6. The minimum Gasteiger partial charge on any atom is -0.369 e. The van der Waals surface area contributed by atoms with Crippen molar-refractivity contribution >= 4 is 49.9 Å². The fourth-order valence-electron chi connectivity index (χ4n) is 3.28. The van der Waals surface area contributed by atoms with E-state index in [1.807, 2.05) is 24.3 Å². The van der Waals surface area contributed by atoms with Crippen molar-refractivity contribution < 1.29 is 38.6 Å². The van der Waals surface area contributed by atoms with Crippen molar-refractivity contribution in [3.63, 3.8) is 0 Å². The van der Waals surface area contributed by atoms with Crippen molar-refractivity contribution in [1.82, 2.24) is 0 Å². The zero-order valence-corrected chi connectivity index (χ0v) is 21.4. The number of alkyl halides is 2. The molecule has 0 fully saturated rings. The van der Waals surface area contributed by atoms with Gasteiger partial charge in [-0.25, -0.2) is 0 Å². The number of aliphatic hydroxyl groups is 1. The largest absolute Gasteiger partial charge is 0.369 e. The van der Waals surface area contributed by atoms with Crippen molar-refractivity contribution in [1.29, 1.82) is 0 Å². The molecule has 0 saturated heterocycles. The first-order valence-corrected chi connectivity index (χ1v) is 14.6. The summed E-state index contributed by atoms with van der Waals surface area (Å²) in [6.45, 7) is 1.36. The summed E-state index contributed by atoms with van der Waals surface area (Å²) in [7, 11) is -11.0. The summed E-state index contributed by atoms with van der Waals surface area (Å²) in [4.78, 5) is 50.8. The summed E-state index contributed by atoms with van der Waals surface area (Å²) in [5, 5.41) is 6.36. The van der Waals surface area contributed by atoms with Crippen LogP contribution < -0.4 is 10.6 Å². The number of halogens is 2. The molecule has 0 heterocycles. The van der Waals surface area contributed by atoms with Crippen LogP contribution in [0.25, 0.3) is 0 Å². The quantitative estimate of drug-likeness (QED) is 0.132. The van der Waals surface area contributed by atoms with Crippen LogP contribution >= 0.6 is 38.4 Å². The van der Waals surface area contributed by atoms with E-state index < -0.39 is 32.7 Å².